The lowest BCUT2D eigenvalue weighted by Gasteiger charge is -2.03. The van der Waals surface area contributed by atoms with E-state index in [9.17, 15) is 4.79 Å². The van der Waals surface area contributed by atoms with Gasteiger partial charge in [-0.25, -0.2) is 4.98 Å². The summed E-state index contributed by atoms with van der Waals surface area (Å²) in [5.41, 5.74) is 1.60. The van der Waals surface area contributed by atoms with Gasteiger partial charge in [0.05, 0.1) is 11.4 Å². The summed E-state index contributed by atoms with van der Waals surface area (Å²) in [4.78, 5) is 18.8. The van der Waals surface area contributed by atoms with Crippen molar-refractivity contribution < 1.29 is 9.90 Å². The maximum absolute atomic E-state index is 10.7. The van der Waals surface area contributed by atoms with E-state index < -0.39 is 5.97 Å². The molecule has 3 aromatic rings. The summed E-state index contributed by atoms with van der Waals surface area (Å²) < 4.78 is 3.22. The average molecular weight is 258 g/mol. The van der Waals surface area contributed by atoms with Crippen molar-refractivity contribution in [2.75, 3.05) is 0 Å². The zero-order chi connectivity index (χ0) is 13.4. The molecule has 0 saturated carbocycles. The first-order chi connectivity index (χ1) is 9.15. The lowest BCUT2D eigenvalue weighted by molar-refractivity contribution is -0.136. The monoisotopic (exact) mass is 258 g/mol. The smallest absolute Gasteiger partial charge is 0.311 e. The van der Waals surface area contributed by atoms with Gasteiger partial charge < -0.3 is 5.11 Å². The van der Waals surface area contributed by atoms with Gasteiger partial charge in [0, 0.05) is 19.4 Å². The Morgan fingerprint density at radius 2 is 2.11 bits per heavy atom. The van der Waals surface area contributed by atoms with E-state index in [0.717, 1.165) is 11.4 Å². The molecule has 3 heterocycles. The fraction of sp³-hybridized carbons (Fsp3) is 0.182. The van der Waals surface area contributed by atoms with E-state index in [-0.39, 0.29) is 12.2 Å². The first kappa shape index (κ1) is 11.3. The topological polar surface area (TPSA) is 98.2 Å². The van der Waals surface area contributed by atoms with E-state index in [0.29, 0.717) is 5.78 Å². The minimum atomic E-state index is -0.974. The number of hydrogen-bond acceptors (Lipinski definition) is 5. The first-order valence-corrected chi connectivity index (χ1v) is 5.56. The van der Waals surface area contributed by atoms with Gasteiger partial charge in [-0.15, -0.1) is 5.10 Å². The van der Waals surface area contributed by atoms with Crippen molar-refractivity contribution in [3.05, 3.63) is 30.4 Å². The molecule has 3 aromatic heterocycles. The maximum atomic E-state index is 10.7. The normalized spacial score (nSPS) is 11.0. The van der Waals surface area contributed by atoms with Crippen molar-refractivity contribution in [1.29, 1.82) is 0 Å². The van der Waals surface area contributed by atoms with Gasteiger partial charge >= 0.3 is 5.97 Å². The van der Waals surface area contributed by atoms with Crippen molar-refractivity contribution >= 4 is 11.7 Å². The standard InChI is InChI=1S/C11H10N6O2/c1-16-7(3-5-13-16)8-2-4-12-11-14-9(6-10(18)19)15-17(8)11/h2-5H,6H2,1H3,(H,18,19). The van der Waals surface area contributed by atoms with E-state index in [1.807, 2.05) is 13.1 Å². The van der Waals surface area contributed by atoms with Crippen LogP contribution >= 0.6 is 0 Å². The molecule has 0 fully saturated rings. The third-order valence-electron chi connectivity index (χ3n) is 2.68. The van der Waals surface area contributed by atoms with Gasteiger partial charge in [-0.2, -0.15) is 14.6 Å². The van der Waals surface area contributed by atoms with Gasteiger partial charge in [0.15, 0.2) is 5.82 Å². The fourth-order valence-corrected chi connectivity index (χ4v) is 1.86. The van der Waals surface area contributed by atoms with Crippen LogP contribution in [0.1, 0.15) is 5.82 Å². The molecule has 0 atom stereocenters. The first-order valence-electron chi connectivity index (χ1n) is 5.56. The minimum absolute atomic E-state index is 0.228. The predicted molar refractivity (Wildman–Crippen MR) is 64.3 cm³/mol. The zero-order valence-corrected chi connectivity index (χ0v) is 10.1. The molecule has 0 unspecified atom stereocenters. The highest BCUT2D eigenvalue weighted by Crippen LogP contribution is 2.17. The number of aryl methyl sites for hydroxylation is 1. The number of nitrogens with zero attached hydrogens (tertiary/aromatic N) is 6. The van der Waals surface area contributed by atoms with E-state index in [1.165, 1.54) is 4.52 Å². The van der Waals surface area contributed by atoms with Crippen LogP contribution in [-0.2, 0) is 18.3 Å². The fourth-order valence-electron chi connectivity index (χ4n) is 1.86. The summed E-state index contributed by atoms with van der Waals surface area (Å²) in [6.45, 7) is 0. The summed E-state index contributed by atoms with van der Waals surface area (Å²) >= 11 is 0. The van der Waals surface area contributed by atoms with Gasteiger partial charge in [0.1, 0.15) is 6.42 Å². The number of carboxylic acid groups (broad SMARTS) is 1. The zero-order valence-electron chi connectivity index (χ0n) is 10.1. The number of hydrogen-bond donors (Lipinski definition) is 1. The number of fused-ring (bicyclic) bond motifs is 1. The Morgan fingerprint density at radius 1 is 1.32 bits per heavy atom. The summed E-state index contributed by atoms with van der Waals surface area (Å²) in [6.07, 6.45) is 3.06. The predicted octanol–water partition coefficient (Wildman–Crippen LogP) is 0.152. The van der Waals surface area contributed by atoms with Crippen LogP contribution in [0.25, 0.3) is 17.2 Å². The molecule has 0 saturated heterocycles. The molecule has 0 bridgehead atoms. The van der Waals surface area contributed by atoms with Crippen LogP contribution in [-0.4, -0.2) is 40.4 Å². The van der Waals surface area contributed by atoms with Gasteiger partial charge in [-0.1, -0.05) is 0 Å². The Labute approximate surface area is 107 Å². The van der Waals surface area contributed by atoms with Gasteiger partial charge in [-0.05, 0) is 12.1 Å². The van der Waals surface area contributed by atoms with Crippen LogP contribution in [0.2, 0.25) is 0 Å². The molecule has 8 nitrogen and oxygen atoms in total. The molecule has 0 radical (unpaired) electrons. The Bertz CT molecular complexity index is 759. The number of carboxylic acids is 1. The molecule has 0 aliphatic heterocycles. The number of carbonyl (C=O) groups is 1. The van der Waals surface area contributed by atoms with Crippen LogP contribution < -0.4 is 0 Å². The molecule has 0 aliphatic carbocycles. The van der Waals surface area contributed by atoms with Crippen LogP contribution in [0.5, 0.6) is 0 Å². The van der Waals surface area contributed by atoms with E-state index in [4.69, 9.17) is 5.11 Å². The number of aromatic nitrogens is 6. The van der Waals surface area contributed by atoms with Crippen LogP contribution in [0.4, 0.5) is 0 Å². The van der Waals surface area contributed by atoms with Gasteiger partial charge in [-0.3, -0.25) is 9.48 Å². The average Bonchev–Trinajstić information content (AvgIpc) is 2.93. The Morgan fingerprint density at radius 3 is 2.79 bits per heavy atom. The van der Waals surface area contributed by atoms with E-state index in [1.54, 1.807) is 23.1 Å². The van der Waals surface area contributed by atoms with Crippen LogP contribution in [0, 0.1) is 0 Å². The molecule has 0 aromatic carbocycles. The van der Waals surface area contributed by atoms with Crippen molar-refractivity contribution in [1.82, 2.24) is 29.4 Å². The van der Waals surface area contributed by atoms with Gasteiger partial charge in [0.2, 0.25) is 0 Å². The maximum Gasteiger partial charge on any atom is 0.311 e. The molecular formula is C11H10N6O2. The van der Waals surface area contributed by atoms with Crippen LogP contribution in [0.15, 0.2) is 24.5 Å². The summed E-state index contributed by atoms with van der Waals surface area (Å²) in [5, 5.41) is 17.0. The molecule has 0 amide bonds. The highest BCUT2D eigenvalue weighted by Gasteiger charge is 2.13. The highest BCUT2D eigenvalue weighted by atomic mass is 16.4. The van der Waals surface area contributed by atoms with Crippen molar-refractivity contribution in [2.45, 2.75) is 6.42 Å². The number of rotatable bonds is 3. The Balaban J connectivity index is 2.18. The molecule has 0 aliphatic rings. The molecule has 19 heavy (non-hydrogen) atoms. The summed E-state index contributed by atoms with van der Waals surface area (Å²) in [6, 6.07) is 3.62. The second kappa shape index (κ2) is 4.16. The molecule has 8 heteroatoms. The largest absolute Gasteiger partial charge is 0.481 e. The van der Waals surface area contributed by atoms with Crippen molar-refractivity contribution in [3.63, 3.8) is 0 Å². The second-order valence-electron chi connectivity index (χ2n) is 3.98. The van der Waals surface area contributed by atoms with Crippen LogP contribution in [0.3, 0.4) is 0 Å². The number of aliphatic carboxylic acids is 1. The van der Waals surface area contributed by atoms with Crippen molar-refractivity contribution in [3.8, 4) is 11.4 Å². The molecule has 96 valence electrons. The third-order valence-corrected chi connectivity index (χ3v) is 2.68. The van der Waals surface area contributed by atoms with Crippen molar-refractivity contribution in [2.24, 2.45) is 7.05 Å². The molecule has 1 N–H and O–H groups in total. The lowest BCUT2D eigenvalue weighted by atomic mass is 10.3. The summed E-state index contributed by atoms with van der Waals surface area (Å²) in [7, 11) is 1.82. The quantitative estimate of drug-likeness (QED) is 0.718. The minimum Gasteiger partial charge on any atom is -0.481 e. The Kier molecular flexibility index (Phi) is 2.48. The SMILES string of the molecule is Cn1nccc1-c1ccnc2nc(CC(=O)O)nn12. The van der Waals surface area contributed by atoms with Gasteiger partial charge in [0.25, 0.3) is 5.78 Å². The lowest BCUT2D eigenvalue weighted by Crippen LogP contribution is -2.03. The molecular weight excluding hydrogens is 248 g/mol. The van der Waals surface area contributed by atoms with E-state index >= 15 is 0 Å². The second-order valence-corrected chi connectivity index (χ2v) is 3.98. The third kappa shape index (κ3) is 1.92. The summed E-state index contributed by atoms with van der Waals surface area (Å²) in [5.74, 6) is -0.373. The Hall–Kier alpha value is -2.77. The van der Waals surface area contributed by atoms with E-state index in [2.05, 4.69) is 20.2 Å². The molecule has 3 rings (SSSR count). The molecule has 0 spiro atoms. The highest BCUT2D eigenvalue weighted by molar-refractivity contribution is 5.69.